The molecule has 5 aromatic carbocycles. The van der Waals surface area contributed by atoms with E-state index in [1.807, 2.05) is 72.8 Å². The van der Waals surface area contributed by atoms with Gasteiger partial charge >= 0.3 is 5.97 Å². The average Bonchev–Trinajstić information content (AvgIpc) is 3.03. The Morgan fingerprint density at radius 1 is 0.800 bits per heavy atom. The Balaban J connectivity index is 1.36. The number of nitrogens with one attached hydrogen (secondary N) is 2. The van der Waals surface area contributed by atoms with Crippen LogP contribution >= 0.6 is 15.9 Å². The van der Waals surface area contributed by atoms with Crippen molar-refractivity contribution in [1.82, 2.24) is 5.32 Å². The molecule has 1 atom stereocenters. The number of carbonyl (C=O) groups is 3. The number of rotatable bonds is 11. The third-order valence-corrected chi connectivity index (χ3v) is 7.42. The number of halogens is 2. The summed E-state index contributed by atoms with van der Waals surface area (Å²) < 4.78 is 20.0. The Labute approximate surface area is 267 Å². The van der Waals surface area contributed by atoms with Crippen molar-refractivity contribution in [3.05, 3.63) is 148 Å². The van der Waals surface area contributed by atoms with Crippen molar-refractivity contribution in [3.63, 3.8) is 0 Å². The lowest BCUT2D eigenvalue weighted by Crippen LogP contribution is -2.42. The zero-order chi connectivity index (χ0) is 31.8. The van der Waals surface area contributed by atoms with Crippen molar-refractivity contribution in [2.45, 2.75) is 18.9 Å². The first kappa shape index (κ1) is 31.2. The van der Waals surface area contributed by atoms with Gasteiger partial charge in [-0.15, -0.1) is 0 Å². The van der Waals surface area contributed by atoms with Crippen molar-refractivity contribution in [2.75, 3.05) is 5.32 Å². The molecule has 0 aromatic heterocycles. The molecule has 0 spiro atoms. The van der Waals surface area contributed by atoms with Gasteiger partial charge in [-0.25, -0.2) is 9.18 Å². The second-order valence-corrected chi connectivity index (χ2v) is 11.1. The van der Waals surface area contributed by atoms with Crippen LogP contribution in [0.3, 0.4) is 0 Å². The molecule has 3 N–H and O–H groups in total. The van der Waals surface area contributed by atoms with Crippen LogP contribution in [0.2, 0.25) is 0 Å². The van der Waals surface area contributed by atoms with Crippen LogP contribution in [-0.4, -0.2) is 28.9 Å². The molecule has 0 aliphatic heterocycles. The Bertz CT molecular complexity index is 1820. The standard InChI is InChI=1S/C36H28BrFN2O5/c37-26-14-18-31(39-34(41)21-23-11-15-27(38)16-12-23)30(22-26)35(42)40-32(36(43)44)19-24-13-17-29(25-7-3-1-4-8-25)33(20-24)45-28-9-5-2-6-10-28/h1-18,20,22,32H,19,21H2,(H,39,41)(H,40,42)(H,43,44)/t32-/m0/s1. The van der Waals surface area contributed by atoms with Crippen LogP contribution in [0.5, 0.6) is 11.5 Å². The van der Waals surface area contributed by atoms with Gasteiger partial charge in [0.25, 0.3) is 5.91 Å². The first-order valence-electron chi connectivity index (χ1n) is 14.0. The fraction of sp³-hybridized carbons (Fsp3) is 0.0833. The van der Waals surface area contributed by atoms with Crippen LogP contribution < -0.4 is 15.4 Å². The number of hydrogen-bond donors (Lipinski definition) is 3. The minimum absolute atomic E-state index is 0.0262. The van der Waals surface area contributed by atoms with Crippen LogP contribution in [0.25, 0.3) is 11.1 Å². The molecule has 5 rings (SSSR count). The summed E-state index contributed by atoms with van der Waals surface area (Å²) in [5, 5.41) is 15.4. The number of amides is 2. The molecule has 0 aliphatic rings. The quantitative estimate of drug-likeness (QED) is 0.134. The molecule has 7 nitrogen and oxygen atoms in total. The summed E-state index contributed by atoms with van der Waals surface area (Å²) in [5.74, 6) is -1.57. The molecule has 226 valence electrons. The highest BCUT2D eigenvalue weighted by molar-refractivity contribution is 9.10. The van der Waals surface area contributed by atoms with Gasteiger partial charge in [-0.1, -0.05) is 88.7 Å². The van der Waals surface area contributed by atoms with Crippen molar-refractivity contribution < 1.29 is 28.6 Å². The number of anilines is 1. The van der Waals surface area contributed by atoms with Crippen LogP contribution in [0.15, 0.2) is 126 Å². The summed E-state index contributed by atoms with van der Waals surface area (Å²) in [7, 11) is 0. The molecule has 5 aromatic rings. The maximum absolute atomic E-state index is 13.4. The lowest BCUT2D eigenvalue weighted by Gasteiger charge is -2.18. The van der Waals surface area contributed by atoms with E-state index in [0.717, 1.165) is 11.1 Å². The smallest absolute Gasteiger partial charge is 0.326 e. The number of benzene rings is 5. The van der Waals surface area contributed by atoms with Crippen molar-refractivity contribution in [1.29, 1.82) is 0 Å². The van der Waals surface area contributed by atoms with Crippen LogP contribution in [0.4, 0.5) is 10.1 Å². The number of para-hydroxylation sites is 1. The maximum atomic E-state index is 13.4. The topological polar surface area (TPSA) is 105 Å². The second-order valence-electron chi connectivity index (χ2n) is 10.2. The Kier molecular flexibility index (Phi) is 10.0. The fourth-order valence-corrected chi connectivity index (χ4v) is 5.08. The molecule has 0 radical (unpaired) electrons. The number of aliphatic carboxylic acids is 1. The van der Waals surface area contributed by atoms with Crippen molar-refractivity contribution in [3.8, 4) is 22.6 Å². The van der Waals surface area contributed by atoms with Gasteiger partial charge in [0, 0.05) is 16.5 Å². The van der Waals surface area contributed by atoms with E-state index in [1.54, 1.807) is 18.2 Å². The molecule has 0 heterocycles. The first-order valence-corrected chi connectivity index (χ1v) is 14.8. The highest BCUT2D eigenvalue weighted by Crippen LogP contribution is 2.34. The highest BCUT2D eigenvalue weighted by atomic mass is 79.9. The number of carboxylic acid groups (broad SMARTS) is 1. The van der Waals surface area contributed by atoms with Crippen LogP contribution in [0, 0.1) is 5.82 Å². The molecule has 45 heavy (non-hydrogen) atoms. The third kappa shape index (κ3) is 8.43. The van der Waals surface area contributed by atoms with Gasteiger partial charge in [0.05, 0.1) is 17.7 Å². The monoisotopic (exact) mass is 666 g/mol. The SMILES string of the molecule is O=C(Cc1ccc(F)cc1)Nc1ccc(Br)cc1C(=O)N[C@@H](Cc1ccc(-c2ccccc2)c(Oc2ccccc2)c1)C(=O)O. The molecular weight excluding hydrogens is 639 g/mol. The van der Waals surface area contributed by atoms with E-state index in [2.05, 4.69) is 26.6 Å². The zero-order valence-electron chi connectivity index (χ0n) is 23.9. The number of carbonyl (C=O) groups excluding carboxylic acids is 2. The van der Waals surface area contributed by atoms with Gasteiger partial charge in [-0.05, 0) is 65.2 Å². The summed E-state index contributed by atoms with van der Waals surface area (Å²) in [5.41, 5.74) is 3.27. The van der Waals surface area contributed by atoms with Gasteiger partial charge in [0.1, 0.15) is 23.4 Å². The van der Waals surface area contributed by atoms with Crippen molar-refractivity contribution >= 4 is 39.4 Å². The Morgan fingerprint density at radius 2 is 1.47 bits per heavy atom. The largest absolute Gasteiger partial charge is 0.480 e. The van der Waals surface area contributed by atoms with Crippen LogP contribution in [-0.2, 0) is 22.4 Å². The van der Waals surface area contributed by atoms with Gasteiger partial charge in [0.2, 0.25) is 5.91 Å². The Morgan fingerprint density at radius 3 is 2.16 bits per heavy atom. The molecule has 0 saturated carbocycles. The zero-order valence-corrected chi connectivity index (χ0v) is 25.5. The normalized spacial score (nSPS) is 11.3. The maximum Gasteiger partial charge on any atom is 0.326 e. The van der Waals surface area contributed by atoms with Crippen molar-refractivity contribution in [2.24, 2.45) is 0 Å². The van der Waals surface area contributed by atoms with E-state index in [1.165, 1.54) is 30.3 Å². The molecule has 9 heteroatoms. The van der Waals surface area contributed by atoms with E-state index in [-0.39, 0.29) is 24.1 Å². The molecule has 0 aliphatic carbocycles. The molecule has 0 unspecified atom stereocenters. The minimum Gasteiger partial charge on any atom is -0.480 e. The van der Waals surface area contributed by atoms with Gasteiger partial charge < -0.3 is 20.5 Å². The predicted octanol–water partition coefficient (Wildman–Crippen LogP) is 7.65. The van der Waals surface area contributed by atoms with Gasteiger partial charge in [-0.2, -0.15) is 0 Å². The molecular formula is C36H28BrFN2O5. The molecule has 0 bridgehead atoms. The van der Waals surface area contributed by atoms with E-state index in [4.69, 9.17) is 4.74 Å². The summed E-state index contributed by atoms with van der Waals surface area (Å²) >= 11 is 3.34. The first-order chi connectivity index (χ1) is 21.7. The summed E-state index contributed by atoms with van der Waals surface area (Å²) in [6.07, 6.45) is -0.0664. The fourth-order valence-electron chi connectivity index (χ4n) is 4.72. The summed E-state index contributed by atoms with van der Waals surface area (Å²) in [6, 6.07) is 33.4. The third-order valence-electron chi connectivity index (χ3n) is 6.92. The second kappa shape index (κ2) is 14.5. The van der Waals surface area contributed by atoms with E-state index in [0.29, 0.717) is 27.1 Å². The highest BCUT2D eigenvalue weighted by Gasteiger charge is 2.24. The number of hydrogen-bond acceptors (Lipinski definition) is 4. The molecule has 0 saturated heterocycles. The van der Waals surface area contributed by atoms with Gasteiger partial charge in [0.15, 0.2) is 0 Å². The minimum atomic E-state index is -1.29. The van der Waals surface area contributed by atoms with E-state index < -0.39 is 29.6 Å². The summed E-state index contributed by atoms with van der Waals surface area (Å²) in [4.78, 5) is 38.5. The molecule has 0 fully saturated rings. The number of ether oxygens (including phenoxy) is 1. The summed E-state index contributed by atoms with van der Waals surface area (Å²) in [6.45, 7) is 0. The lowest BCUT2D eigenvalue weighted by atomic mass is 9.99. The lowest BCUT2D eigenvalue weighted by molar-refractivity contribution is -0.139. The van der Waals surface area contributed by atoms with Crippen LogP contribution in [0.1, 0.15) is 21.5 Å². The van der Waals surface area contributed by atoms with Gasteiger partial charge in [-0.3, -0.25) is 9.59 Å². The predicted molar refractivity (Wildman–Crippen MR) is 174 cm³/mol. The van der Waals surface area contributed by atoms with E-state index >= 15 is 0 Å². The molecule has 2 amide bonds. The Hall–Kier alpha value is -5.28. The number of carboxylic acids is 1. The van der Waals surface area contributed by atoms with E-state index in [9.17, 15) is 23.9 Å². The average molecular weight is 668 g/mol.